The monoisotopic (exact) mass is 391 g/mol. The number of methoxy groups -OCH3 is 1. The number of amides is 2. The molecule has 1 aliphatic heterocycles. The van der Waals surface area contributed by atoms with Crippen molar-refractivity contribution in [2.24, 2.45) is 5.73 Å². The number of benzene rings is 1. The molecule has 3 N–H and O–H groups in total. The Bertz CT molecular complexity index is 709. The summed E-state index contributed by atoms with van der Waals surface area (Å²) in [7, 11) is 1.29. The first-order valence-electron chi connectivity index (χ1n) is 8.30. The molecule has 2 rings (SSSR count). The van der Waals surface area contributed by atoms with Crippen LogP contribution in [-0.4, -0.2) is 55.2 Å². The van der Waals surface area contributed by atoms with Crippen LogP contribution in [0.25, 0.3) is 0 Å². The van der Waals surface area contributed by atoms with Crippen molar-refractivity contribution < 1.29 is 31.9 Å². The first-order valence-corrected chi connectivity index (χ1v) is 8.30. The topological polar surface area (TPSA) is 84.7 Å². The fourth-order valence-electron chi connectivity index (χ4n) is 3.15. The molecular weight excluding hydrogens is 370 g/mol. The maximum absolute atomic E-state index is 14.0. The molecular formula is C17H21F4N3O3. The van der Waals surface area contributed by atoms with Crippen LogP contribution in [0.2, 0.25) is 0 Å². The first-order chi connectivity index (χ1) is 12.5. The van der Waals surface area contributed by atoms with Gasteiger partial charge in [-0.1, -0.05) is 6.07 Å². The summed E-state index contributed by atoms with van der Waals surface area (Å²) < 4.78 is 56.9. The number of nitrogens with zero attached hydrogens (tertiary/aromatic N) is 1. The van der Waals surface area contributed by atoms with Crippen LogP contribution >= 0.6 is 0 Å². The number of nitrogens with one attached hydrogen (secondary N) is 1. The average Bonchev–Trinajstić information content (AvgIpc) is 2.60. The standard InChI is InChI=1S/C17H21F4N3O3/c1-9(22)15(25)24-6-5-11(10-3-4-14(27-2)12(18)7-10)13(8-24)23-16(26)17(19,20)21/h3-4,7,9,11,13H,5-6,8,22H2,1-2H3,(H,23,26). The van der Waals surface area contributed by atoms with Crippen molar-refractivity contribution in [1.29, 1.82) is 0 Å². The van der Waals surface area contributed by atoms with E-state index in [-0.39, 0.29) is 25.3 Å². The molecule has 1 saturated heterocycles. The molecule has 3 atom stereocenters. The van der Waals surface area contributed by atoms with E-state index in [0.717, 1.165) is 0 Å². The average molecular weight is 391 g/mol. The van der Waals surface area contributed by atoms with Crippen LogP contribution in [0, 0.1) is 5.82 Å². The zero-order valence-corrected chi connectivity index (χ0v) is 14.8. The second-order valence-electron chi connectivity index (χ2n) is 6.44. The summed E-state index contributed by atoms with van der Waals surface area (Å²) in [5, 5.41) is 1.93. The molecule has 27 heavy (non-hydrogen) atoms. The summed E-state index contributed by atoms with van der Waals surface area (Å²) in [6, 6.07) is 2.20. The van der Waals surface area contributed by atoms with Gasteiger partial charge in [0.2, 0.25) is 5.91 Å². The molecule has 0 bridgehead atoms. The van der Waals surface area contributed by atoms with Crippen molar-refractivity contribution in [3.63, 3.8) is 0 Å². The number of ether oxygens (including phenoxy) is 1. The summed E-state index contributed by atoms with van der Waals surface area (Å²) in [5.74, 6) is -3.81. The normalized spacial score (nSPS) is 21.5. The summed E-state index contributed by atoms with van der Waals surface area (Å²) in [4.78, 5) is 24.8. The van der Waals surface area contributed by atoms with E-state index in [1.54, 1.807) is 0 Å². The van der Waals surface area contributed by atoms with E-state index in [0.29, 0.717) is 5.56 Å². The van der Waals surface area contributed by atoms with Gasteiger partial charge in [0.25, 0.3) is 0 Å². The number of piperidine rings is 1. The summed E-state index contributed by atoms with van der Waals surface area (Å²) >= 11 is 0. The molecule has 3 unspecified atom stereocenters. The van der Waals surface area contributed by atoms with Crippen LogP contribution in [-0.2, 0) is 9.59 Å². The van der Waals surface area contributed by atoms with E-state index in [2.05, 4.69) is 0 Å². The zero-order chi connectivity index (χ0) is 20.4. The maximum atomic E-state index is 14.0. The Morgan fingerprint density at radius 2 is 2.04 bits per heavy atom. The summed E-state index contributed by atoms with van der Waals surface area (Å²) in [5.41, 5.74) is 5.97. The van der Waals surface area contributed by atoms with Crippen LogP contribution in [0.3, 0.4) is 0 Å². The van der Waals surface area contributed by atoms with Crippen LogP contribution in [0.1, 0.15) is 24.8 Å². The third-order valence-corrected chi connectivity index (χ3v) is 4.49. The Hall–Kier alpha value is -2.36. The molecule has 1 aliphatic rings. The highest BCUT2D eigenvalue weighted by Gasteiger charge is 2.43. The zero-order valence-electron chi connectivity index (χ0n) is 14.8. The van der Waals surface area contributed by atoms with Crippen molar-refractivity contribution in [3.8, 4) is 5.75 Å². The molecule has 6 nitrogen and oxygen atoms in total. The van der Waals surface area contributed by atoms with Gasteiger partial charge in [-0.05, 0) is 31.0 Å². The predicted molar refractivity (Wildman–Crippen MR) is 88.5 cm³/mol. The number of rotatable bonds is 4. The molecule has 0 spiro atoms. The second-order valence-corrected chi connectivity index (χ2v) is 6.44. The minimum Gasteiger partial charge on any atom is -0.494 e. The van der Waals surface area contributed by atoms with E-state index >= 15 is 0 Å². The minimum atomic E-state index is -5.07. The van der Waals surface area contributed by atoms with Crippen molar-refractivity contribution in [1.82, 2.24) is 10.2 Å². The van der Waals surface area contributed by atoms with Gasteiger partial charge in [-0.25, -0.2) is 4.39 Å². The number of carbonyl (C=O) groups excluding carboxylic acids is 2. The number of nitrogens with two attached hydrogens (primary N) is 1. The maximum Gasteiger partial charge on any atom is 0.471 e. The van der Waals surface area contributed by atoms with Crippen LogP contribution < -0.4 is 15.8 Å². The molecule has 150 valence electrons. The Kier molecular flexibility index (Phi) is 6.30. The van der Waals surface area contributed by atoms with E-state index in [9.17, 15) is 27.2 Å². The van der Waals surface area contributed by atoms with Gasteiger partial charge >= 0.3 is 12.1 Å². The Morgan fingerprint density at radius 3 is 2.56 bits per heavy atom. The molecule has 10 heteroatoms. The minimum absolute atomic E-state index is 0.000743. The lowest BCUT2D eigenvalue weighted by atomic mass is 9.84. The van der Waals surface area contributed by atoms with Gasteiger partial charge in [-0.15, -0.1) is 0 Å². The number of likely N-dealkylation sites (tertiary alicyclic amines) is 1. The molecule has 0 aromatic heterocycles. The third-order valence-electron chi connectivity index (χ3n) is 4.49. The van der Waals surface area contributed by atoms with E-state index in [4.69, 9.17) is 10.5 Å². The SMILES string of the molecule is COc1ccc(C2CCN(C(=O)C(C)N)CC2NC(=O)C(F)(F)F)cc1F. The molecule has 0 aliphatic carbocycles. The summed E-state index contributed by atoms with van der Waals surface area (Å²) in [6.45, 7) is 1.55. The van der Waals surface area contributed by atoms with Gasteiger partial charge in [0.15, 0.2) is 11.6 Å². The lowest BCUT2D eigenvalue weighted by Gasteiger charge is -2.40. The van der Waals surface area contributed by atoms with Gasteiger partial charge < -0.3 is 20.7 Å². The molecule has 0 radical (unpaired) electrons. The van der Waals surface area contributed by atoms with Crippen LogP contribution in [0.4, 0.5) is 17.6 Å². The molecule has 1 heterocycles. The highest BCUT2D eigenvalue weighted by Crippen LogP contribution is 2.32. The molecule has 1 fully saturated rings. The second kappa shape index (κ2) is 8.12. The number of halogens is 4. The predicted octanol–water partition coefficient (Wildman–Crippen LogP) is 1.54. The Balaban J connectivity index is 2.29. The van der Waals surface area contributed by atoms with Crippen molar-refractivity contribution in [2.45, 2.75) is 37.5 Å². The number of hydrogen-bond donors (Lipinski definition) is 2. The fraction of sp³-hybridized carbons (Fsp3) is 0.529. The number of hydrogen-bond acceptors (Lipinski definition) is 4. The Morgan fingerprint density at radius 1 is 1.37 bits per heavy atom. The highest BCUT2D eigenvalue weighted by molar-refractivity contribution is 5.83. The fourth-order valence-corrected chi connectivity index (χ4v) is 3.15. The quantitative estimate of drug-likeness (QED) is 0.763. The third kappa shape index (κ3) is 4.88. The van der Waals surface area contributed by atoms with E-state index in [1.165, 1.54) is 37.1 Å². The molecule has 1 aromatic carbocycles. The van der Waals surface area contributed by atoms with Crippen molar-refractivity contribution >= 4 is 11.8 Å². The lowest BCUT2D eigenvalue weighted by molar-refractivity contribution is -0.175. The lowest BCUT2D eigenvalue weighted by Crippen LogP contribution is -2.57. The highest BCUT2D eigenvalue weighted by atomic mass is 19.4. The van der Waals surface area contributed by atoms with Gasteiger partial charge in [0.05, 0.1) is 19.2 Å². The van der Waals surface area contributed by atoms with Crippen LogP contribution in [0.15, 0.2) is 18.2 Å². The number of carbonyl (C=O) groups is 2. The largest absolute Gasteiger partial charge is 0.494 e. The van der Waals surface area contributed by atoms with E-state index in [1.807, 2.05) is 5.32 Å². The van der Waals surface area contributed by atoms with E-state index < -0.39 is 41.8 Å². The molecule has 2 amide bonds. The van der Waals surface area contributed by atoms with Gasteiger partial charge in [-0.2, -0.15) is 13.2 Å². The smallest absolute Gasteiger partial charge is 0.471 e. The van der Waals surface area contributed by atoms with Gasteiger partial charge in [0, 0.05) is 19.0 Å². The molecule has 0 saturated carbocycles. The first kappa shape index (κ1) is 20.9. The van der Waals surface area contributed by atoms with Crippen LogP contribution in [0.5, 0.6) is 5.75 Å². The molecule has 1 aromatic rings. The van der Waals surface area contributed by atoms with Crippen molar-refractivity contribution in [3.05, 3.63) is 29.6 Å². The summed E-state index contributed by atoms with van der Waals surface area (Å²) in [6.07, 6.45) is -4.82. The van der Waals surface area contributed by atoms with Crippen molar-refractivity contribution in [2.75, 3.05) is 20.2 Å². The van der Waals surface area contributed by atoms with Gasteiger partial charge in [0.1, 0.15) is 0 Å². The Labute approximate surface area is 153 Å². The number of alkyl halides is 3. The van der Waals surface area contributed by atoms with Gasteiger partial charge in [-0.3, -0.25) is 9.59 Å².